The van der Waals surface area contributed by atoms with Crippen molar-refractivity contribution in [2.24, 2.45) is 0 Å². The molecule has 1 amide bonds. The summed E-state index contributed by atoms with van der Waals surface area (Å²) in [4.78, 5) is 32.0. The second-order valence-electron chi connectivity index (χ2n) is 8.35. The van der Waals surface area contributed by atoms with E-state index in [1.165, 1.54) is 6.33 Å². The Morgan fingerprint density at radius 3 is 2.97 bits per heavy atom. The van der Waals surface area contributed by atoms with Crippen LogP contribution in [0.1, 0.15) is 24.9 Å². The molecule has 1 aliphatic rings. The highest BCUT2D eigenvalue weighted by molar-refractivity contribution is 6.31. The number of hydrogen-bond acceptors (Lipinski definition) is 8. The lowest BCUT2D eigenvalue weighted by Crippen LogP contribution is -2.38. The van der Waals surface area contributed by atoms with Gasteiger partial charge in [0.15, 0.2) is 5.82 Å². The van der Waals surface area contributed by atoms with Crippen molar-refractivity contribution in [2.75, 3.05) is 29.9 Å². The van der Waals surface area contributed by atoms with Crippen LogP contribution in [0.15, 0.2) is 48.9 Å². The third kappa shape index (κ3) is 4.44. The van der Waals surface area contributed by atoms with Crippen molar-refractivity contribution in [3.05, 3.63) is 59.5 Å². The Balaban J connectivity index is 1.51. The zero-order chi connectivity index (χ0) is 23.7. The van der Waals surface area contributed by atoms with Crippen LogP contribution in [0.25, 0.3) is 21.9 Å². The van der Waals surface area contributed by atoms with Gasteiger partial charge in [-0.25, -0.2) is 15.0 Å². The van der Waals surface area contributed by atoms with Crippen molar-refractivity contribution in [3.63, 3.8) is 0 Å². The van der Waals surface area contributed by atoms with Crippen LogP contribution in [0.5, 0.6) is 0 Å². The molecule has 9 nitrogen and oxygen atoms in total. The lowest BCUT2D eigenvalue weighted by atomic mass is 10.1. The van der Waals surface area contributed by atoms with E-state index in [-0.39, 0.29) is 18.0 Å². The molecule has 34 heavy (non-hydrogen) atoms. The molecule has 1 fully saturated rings. The average Bonchev–Trinajstić information content (AvgIpc) is 3.31. The Hall–Kier alpha value is -3.56. The number of carbonyl (C=O) groups is 1. The maximum absolute atomic E-state index is 11.7. The summed E-state index contributed by atoms with van der Waals surface area (Å²) in [6, 6.07) is 11.3. The van der Waals surface area contributed by atoms with Crippen LogP contribution in [-0.2, 0) is 4.79 Å². The molecule has 1 aromatic carbocycles. The van der Waals surface area contributed by atoms with Gasteiger partial charge < -0.3 is 20.6 Å². The molecule has 3 N–H and O–H groups in total. The molecule has 4 heterocycles. The predicted molar refractivity (Wildman–Crippen MR) is 132 cm³/mol. The van der Waals surface area contributed by atoms with Gasteiger partial charge in [-0.1, -0.05) is 11.6 Å². The van der Waals surface area contributed by atoms with Gasteiger partial charge in [-0.15, -0.1) is 0 Å². The fourth-order valence-electron chi connectivity index (χ4n) is 4.35. The fraction of sp³-hybridized carbons (Fsp3) is 0.292. The molecule has 5 rings (SSSR count). The van der Waals surface area contributed by atoms with E-state index in [4.69, 9.17) is 21.7 Å². The smallest absolute Gasteiger partial charge is 0.245 e. The van der Waals surface area contributed by atoms with E-state index in [2.05, 4.69) is 43.5 Å². The number of nitrogens with one attached hydrogen (secondary N) is 2. The number of anilines is 2. The minimum absolute atomic E-state index is 0.0477. The Labute approximate surface area is 201 Å². The maximum atomic E-state index is 11.7. The summed E-state index contributed by atoms with van der Waals surface area (Å²) >= 11 is 6.25. The van der Waals surface area contributed by atoms with Crippen LogP contribution in [-0.4, -0.2) is 56.7 Å². The summed E-state index contributed by atoms with van der Waals surface area (Å²) in [5.41, 5.74) is 3.28. The molecule has 3 aromatic heterocycles. The quantitative estimate of drug-likeness (QED) is 0.388. The summed E-state index contributed by atoms with van der Waals surface area (Å²) in [6.07, 6.45) is 4.01. The zero-order valence-electron chi connectivity index (χ0n) is 18.6. The highest BCUT2D eigenvalue weighted by Gasteiger charge is 2.28. The monoisotopic (exact) mass is 477 g/mol. The summed E-state index contributed by atoms with van der Waals surface area (Å²) in [5.74, 6) is 1.11. The standard InChI is InChI=1S/C24H24ClN7O2/c1-14(29-23-22-20(27-13-28-23)3-2-7-26-22)18-10-15-9-16(25)4-5-19(15)31-24(18)32-8-6-17(11-32)30-21(34)12-33/h2-5,7,9-10,13-14,17,33H,6,8,11-12H2,1H3,(H,30,34)(H,27,28,29)/t14-,17+/m0/s1. The normalized spacial score (nSPS) is 16.7. The van der Waals surface area contributed by atoms with Crippen LogP contribution >= 0.6 is 11.6 Å². The van der Waals surface area contributed by atoms with Crippen molar-refractivity contribution in [1.82, 2.24) is 25.3 Å². The van der Waals surface area contributed by atoms with Crippen molar-refractivity contribution in [1.29, 1.82) is 0 Å². The van der Waals surface area contributed by atoms with E-state index < -0.39 is 6.61 Å². The predicted octanol–water partition coefficient (Wildman–Crippen LogP) is 3.09. The Bertz CT molecular complexity index is 1360. The number of halogens is 1. The molecule has 0 bridgehead atoms. The molecule has 174 valence electrons. The number of amides is 1. The number of fused-ring (bicyclic) bond motifs is 2. The van der Waals surface area contributed by atoms with Crippen molar-refractivity contribution in [2.45, 2.75) is 25.4 Å². The lowest BCUT2D eigenvalue weighted by molar-refractivity contribution is -0.124. The van der Waals surface area contributed by atoms with Gasteiger partial charge >= 0.3 is 0 Å². The molecule has 0 unspecified atom stereocenters. The van der Waals surface area contributed by atoms with Crippen LogP contribution < -0.4 is 15.5 Å². The lowest BCUT2D eigenvalue weighted by Gasteiger charge is -2.25. The highest BCUT2D eigenvalue weighted by atomic mass is 35.5. The second kappa shape index (κ2) is 9.36. The van der Waals surface area contributed by atoms with E-state index in [0.717, 1.165) is 40.8 Å². The number of aromatic nitrogens is 4. The third-order valence-corrected chi connectivity index (χ3v) is 6.23. The van der Waals surface area contributed by atoms with Crippen LogP contribution in [0.3, 0.4) is 0 Å². The van der Waals surface area contributed by atoms with Crippen molar-refractivity contribution >= 4 is 51.1 Å². The van der Waals surface area contributed by atoms with Gasteiger partial charge in [0, 0.05) is 41.3 Å². The molecule has 10 heteroatoms. The summed E-state index contributed by atoms with van der Waals surface area (Å²) < 4.78 is 0. The van der Waals surface area contributed by atoms with Gasteiger partial charge in [-0.05, 0) is 49.7 Å². The van der Waals surface area contributed by atoms with E-state index in [1.807, 2.05) is 30.3 Å². The Kier molecular flexibility index (Phi) is 6.12. The molecule has 2 atom stereocenters. The number of hydrogen-bond donors (Lipinski definition) is 3. The minimum Gasteiger partial charge on any atom is -0.387 e. The number of carbonyl (C=O) groups excluding carboxylic acids is 1. The second-order valence-corrected chi connectivity index (χ2v) is 8.79. The summed E-state index contributed by atoms with van der Waals surface area (Å²) in [5, 5.41) is 17.0. The Morgan fingerprint density at radius 2 is 2.12 bits per heavy atom. The molecule has 0 saturated carbocycles. The largest absolute Gasteiger partial charge is 0.387 e. The van der Waals surface area contributed by atoms with E-state index >= 15 is 0 Å². The first-order valence-corrected chi connectivity index (χ1v) is 11.5. The van der Waals surface area contributed by atoms with E-state index in [9.17, 15) is 4.79 Å². The molecule has 0 aliphatic carbocycles. The molecular formula is C24H24ClN7O2. The van der Waals surface area contributed by atoms with Gasteiger partial charge in [0.1, 0.15) is 24.3 Å². The van der Waals surface area contributed by atoms with Gasteiger partial charge in [0.25, 0.3) is 0 Å². The van der Waals surface area contributed by atoms with Crippen LogP contribution in [0.2, 0.25) is 5.02 Å². The topological polar surface area (TPSA) is 116 Å². The van der Waals surface area contributed by atoms with E-state index in [1.54, 1.807) is 6.20 Å². The first-order valence-electron chi connectivity index (χ1n) is 11.1. The van der Waals surface area contributed by atoms with E-state index in [0.29, 0.717) is 22.9 Å². The zero-order valence-corrected chi connectivity index (χ0v) is 19.3. The van der Waals surface area contributed by atoms with Gasteiger partial charge in [-0.2, -0.15) is 0 Å². The highest BCUT2D eigenvalue weighted by Crippen LogP contribution is 2.33. The number of pyridine rings is 2. The number of nitrogens with zero attached hydrogens (tertiary/aromatic N) is 5. The minimum atomic E-state index is -0.515. The van der Waals surface area contributed by atoms with Crippen LogP contribution in [0.4, 0.5) is 11.6 Å². The molecule has 1 aliphatic heterocycles. The molecule has 1 saturated heterocycles. The first-order chi connectivity index (χ1) is 16.5. The van der Waals surface area contributed by atoms with Crippen LogP contribution in [0, 0.1) is 0 Å². The average molecular weight is 478 g/mol. The molecular weight excluding hydrogens is 454 g/mol. The van der Waals surface area contributed by atoms with Gasteiger partial charge in [0.2, 0.25) is 5.91 Å². The number of aliphatic hydroxyl groups excluding tert-OH is 1. The summed E-state index contributed by atoms with van der Waals surface area (Å²) in [7, 11) is 0. The molecule has 4 aromatic rings. The van der Waals surface area contributed by atoms with Gasteiger partial charge in [0.05, 0.1) is 17.1 Å². The number of rotatable bonds is 6. The first kappa shape index (κ1) is 22.2. The number of benzene rings is 1. The summed E-state index contributed by atoms with van der Waals surface area (Å²) in [6.45, 7) is 2.88. The third-order valence-electron chi connectivity index (χ3n) is 6.00. The SMILES string of the molecule is C[C@H](Nc1ncnc2cccnc12)c1cc2cc(Cl)ccc2nc1N1CC[C@@H](NC(=O)CO)C1. The molecule has 0 radical (unpaired) electrons. The van der Waals surface area contributed by atoms with Crippen molar-refractivity contribution < 1.29 is 9.90 Å². The Morgan fingerprint density at radius 1 is 1.24 bits per heavy atom. The fourth-order valence-corrected chi connectivity index (χ4v) is 4.53. The number of aliphatic hydroxyl groups is 1. The van der Waals surface area contributed by atoms with Gasteiger partial charge in [-0.3, -0.25) is 9.78 Å². The molecule has 0 spiro atoms. The van der Waals surface area contributed by atoms with Crippen molar-refractivity contribution in [3.8, 4) is 0 Å². The maximum Gasteiger partial charge on any atom is 0.245 e.